The lowest BCUT2D eigenvalue weighted by Crippen LogP contribution is -2.53. The standard InChI is InChI=1S/C19H21FN2O5S/c20-14-3-5-15(6-4-14)28(26,27)22-9-7-21(8-10-22)18(23)16-12-1-2-13(11-12)17(16)19(24)25/h1-6,12-13,16-17H,7-11H2,(H,24,25)/t12-,13-,16-,17+/m1/s1. The van der Waals surface area contributed by atoms with Crippen molar-refractivity contribution in [3.8, 4) is 0 Å². The molecule has 3 aliphatic rings. The molecule has 0 unspecified atom stereocenters. The molecule has 1 N–H and O–H groups in total. The van der Waals surface area contributed by atoms with E-state index in [2.05, 4.69) is 0 Å². The molecule has 1 aromatic carbocycles. The number of carbonyl (C=O) groups excluding carboxylic acids is 1. The van der Waals surface area contributed by atoms with Crippen molar-refractivity contribution in [2.24, 2.45) is 23.7 Å². The number of carbonyl (C=O) groups is 2. The number of hydrogen-bond donors (Lipinski definition) is 1. The number of carboxylic acid groups (broad SMARTS) is 1. The highest BCUT2D eigenvalue weighted by atomic mass is 32.2. The second-order valence-electron chi connectivity index (χ2n) is 7.52. The van der Waals surface area contributed by atoms with Crippen LogP contribution in [0.25, 0.3) is 0 Å². The Morgan fingerprint density at radius 2 is 1.54 bits per heavy atom. The molecule has 0 spiro atoms. The van der Waals surface area contributed by atoms with Gasteiger partial charge < -0.3 is 10.0 Å². The van der Waals surface area contributed by atoms with Gasteiger partial charge in [0.1, 0.15) is 5.82 Å². The molecular weight excluding hydrogens is 387 g/mol. The summed E-state index contributed by atoms with van der Waals surface area (Å²) < 4.78 is 39.7. The minimum atomic E-state index is -3.76. The third-order valence-corrected chi connectivity index (χ3v) is 7.94. The molecule has 1 saturated heterocycles. The van der Waals surface area contributed by atoms with E-state index in [-0.39, 0.29) is 48.8 Å². The fourth-order valence-corrected chi connectivity index (χ4v) is 6.03. The van der Waals surface area contributed by atoms with Crippen molar-refractivity contribution in [1.29, 1.82) is 0 Å². The molecular formula is C19H21FN2O5S. The molecule has 0 radical (unpaired) electrons. The SMILES string of the molecule is O=C(O)[C@@H]1[C@H](C(=O)N2CCN(S(=O)(=O)c3ccc(F)cc3)CC2)[C@@H]2C=C[C@@H]1C2. The van der Waals surface area contributed by atoms with Gasteiger partial charge in [-0.05, 0) is 42.5 Å². The monoisotopic (exact) mass is 408 g/mol. The van der Waals surface area contributed by atoms with Crippen molar-refractivity contribution in [3.05, 3.63) is 42.2 Å². The Morgan fingerprint density at radius 1 is 0.964 bits per heavy atom. The quantitative estimate of drug-likeness (QED) is 0.755. The average molecular weight is 408 g/mol. The van der Waals surface area contributed by atoms with E-state index in [0.29, 0.717) is 6.42 Å². The van der Waals surface area contributed by atoms with Gasteiger partial charge in [0, 0.05) is 26.2 Å². The van der Waals surface area contributed by atoms with Crippen LogP contribution in [0.15, 0.2) is 41.3 Å². The van der Waals surface area contributed by atoms with Gasteiger partial charge in [-0.3, -0.25) is 9.59 Å². The summed E-state index contributed by atoms with van der Waals surface area (Å²) in [6.07, 6.45) is 4.51. The molecule has 1 saturated carbocycles. The third kappa shape index (κ3) is 3.12. The van der Waals surface area contributed by atoms with E-state index >= 15 is 0 Å². The Balaban J connectivity index is 1.44. The molecule has 150 valence electrons. The molecule has 1 aromatic rings. The fraction of sp³-hybridized carbons (Fsp3) is 0.474. The average Bonchev–Trinajstić information content (AvgIpc) is 3.29. The van der Waals surface area contributed by atoms with Crippen LogP contribution in [-0.4, -0.2) is 60.8 Å². The van der Waals surface area contributed by atoms with Gasteiger partial charge >= 0.3 is 5.97 Å². The first-order valence-electron chi connectivity index (χ1n) is 9.24. The molecule has 4 atom stereocenters. The summed E-state index contributed by atoms with van der Waals surface area (Å²) in [6, 6.07) is 4.64. The number of carboxylic acids is 1. The zero-order valence-corrected chi connectivity index (χ0v) is 15.9. The summed E-state index contributed by atoms with van der Waals surface area (Å²) >= 11 is 0. The lowest BCUT2D eigenvalue weighted by atomic mass is 9.82. The Hall–Kier alpha value is -2.26. The van der Waals surface area contributed by atoms with Crippen LogP contribution in [-0.2, 0) is 19.6 Å². The highest BCUT2D eigenvalue weighted by molar-refractivity contribution is 7.89. The van der Waals surface area contributed by atoms with Crippen LogP contribution in [0.1, 0.15) is 6.42 Å². The van der Waals surface area contributed by atoms with E-state index in [1.54, 1.807) is 4.90 Å². The summed E-state index contributed by atoms with van der Waals surface area (Å²) in [5, 5.41) is 9.53. The van der Waals surface area contributed by atoms with Crippen molar-refractivity contribution < 1.29 is 27.5 Å². The Labute approximate surface area is 162 Å². The van der Waals surface area contributed by atoms with Gasteiger partial charge in [0.15, 0.2) is 0 Å². The number of fused-ring (bicyclic) bond motifs is 2. The van der Waals surface area contributed by atoms with Gasteiger partial charge in [-0.15, -0.1) is 0 Å². The topological polar surface area (TPSA) is 95.0 Å². The number of amides is 1. The summed E-state index contributed by atoms with van der Waals surface area (Å²) in [6.45, 7) is 0.673. The van der Waals surface area contributed by atoms with Crippen LogP contribution >= 0.6 is 0 Å². The first-order chi connectivity index (χ1) is 13.3. The second kappa shape index (κ2) is 6.97. The molecule has 1 aliphatic heterocycles. The minimum Gasteiger partial charge on any atom is -0.481 e. The number of nitrogens with zero attached hydrogens (tertiary/aromatic N) is 2. The highest BCUT2D eigenvalue weighted by Crippen LogP contribution is 2.48. The number of allylic oxidation sites excluding steroid dienone is 2. The number of piperazine rings is 1. The summed E-state index contributed by atoms with van der Waals surface area (Å²) in [5.41, 5.74) is 0. The maximum Gasteiger partial charge on any atom is 0.307 e. The summed E-state index contributed by atoms with van der Waals surface area (Å²) in [4.78, 5) is 26.2. The van der Waals surface area contributed by atoms with Crippen LogP contribution in [0.3, 0.4) is 0 Å². The second-order valence-corrected chi connectivity index (χ2v) is 9.46. The lowest BCUT2D eigenvalue weighted by Gasteiger charge is -2.37. The zero-order valence-electron chi connectivity index (χ0n) is 15.1. The van der Waals surface area contributed by atoms with E-state index in [0.717, 1.165) is 12.1 Å². The van der Waals surface area contributed by atoms with Gasteiger partial charge in [-0.2, -0.15) is 4.31 Å². The third-order valence-electron chi connectivity index (χ3n) is 6.03. The van der Waals surface area contributed by atoms with Crippen molar-refractivity contribution in [3.63, 3.8) is 0 Å². The summed E-state index contributed by atoms with van der Waals surface area (Å²) in [7, 11) is -3.76. The minimum absolute atomic E-state index is 0.0119. The van der Waals surface area contributed by atoms with E-state index < -0.39 is 33.6 Å². The number of halogens is 1. The zero-order chi connectivity index (χ0) is 20.1. The Morgan fingerprint density at radius 3 is 2.11 bits per heavy atom. The normalized spacial score (nSPS) is 30.0. The largest absolute Gasteiger partial charge is 0.481 e. The van der Waals surface area contributed by atoms with Crippen molar-refractivity contribution in [1.82, 2.24) is 9.21 Å². The van der Waals surface area contributed by atoms with Crippen molar-refractivity contribution >= 4 is 21.9 Å². The van der Waals surface area contributed by atoms with Crippen LogP contribution in [0.4, 0.5) is 4.39 Å². The molecule has 1 heterocycles. The molecule has 4 rings (SSSR count). The van der Waals surface area contributed by atoms with E-state index in [4.69, 9.17) is 0 Å². The van der Waals surface area contributed by atoms with Gasteiger partial charge in [0.25, 0.3) is 0 Å². The van der Waals surface area contributed by atoms with Crippen LogP contribution in [0.2, 0.25) is 0 Å². The van der Waals surface area contributed by atoms with E-state index in [1.165, 1.54) is 16.4 Å². The first kappa shape index (κ1) is 19.1. The number of rotatable bonds is 4. The maximum atomic E-state index is 13.1. The molecule has 1 amide bonds. The number of hydrogen-bond acceptors (Lipinski definition) is 4. The number of benzene rings is 1. The van der Waals surface area contributed by atoms with Gasteiger partial charge in [-0.25, -0.2) is 12.8 Å². The van der Waals surface area contributed by atoms with Crippen LogP contribution in [0, 0.1) is 29.5 Å². The maximum absolute atomic E-state index is 13.1. The van der Waals surface area contributed by atoms with E-state index in [9.17, 15) is 27.5 Å². The molecule has 28 heavy (non-hydrogen) atoms. The Kier molecular flexibility index (Phi) is 4.75. The van der Waals surface area contributed by atoms with Gasteiger partial charge in [0.2, 0.25) is 15.9 Å². The molecule has 9 heteroatoms. The highest BCUT2D eigenvalue weighted by Gasteiger charge is 2.52. The predicted molar refractivity (Wildman–Crippen MR) is 97.1 cm³/mol. The molecule has 0 aromatic heterocycles. The lowest BCUT2D eigenvalue weighted by molar-refractivity contribution is -0.151. The first-order valence-corrected chi connectivity index (χ1v) is 10.7. The van der Waals surface area contributed by atoms with Gasteiger partial charge in [0.05, 0.1) is 16.7 Å². The van der Waals surface area contributed by atoms with Crippen molar-refractivity contribution in [2.75, 3.05) is 26.2 Å². The number of aliphatic carboxylic acids is 1. The predicted octanol–water partition coefficient (Wildman–Crippen LogP) is 1.18. The smallest absolute Gasteiger partial charge is 0.307 e. The number of sulfonamides is 1. The molecule has 2 aliphatic carbocycles. The summed E-state index contributed by atoms with van der Waals surface area (Å²) in [5.74, 6) is -3.11. The van der Waals surface area contributed by atoms with Gasteiger partial charge in [-0.1, -0.05) is 12.2 Å². The molecule has 7 nitrogen and oxygen atoms in total. The van der Waals surface area contributed by atoms with E-state index in [1.807, 2.05) is 12.2 Å². The fourth-order valence-electron chi connectivity index (χ4n) is 4.61. The van der Waals surface area contributed by atoms with Crippen molar-refractivity contribution in [2.45, 2.75) is 11.3 Å². The molecule has 2 fully saturated rings. The van der Waals surface area contributed by atoms with Crippen LogP contribution in [0.5, 0.6) is 0 Å². The van der Waals surface area contributed by atoms with Crippen LogP contribution < -0.4 is 0 Å². The Bertz CT molecular complexity index is 922. The molecule has 2 bridgehead atoms.